The van der Waals surface area contributed by atoms with E-state index in [1.807, 2.05) is 19.1 Å². The highest BCUT2D eigenvalue weighted by molar-refractivity contribution is 6.02. The summed E-state index contributed by atoms with van der Waals surface area (Å²) in [4.78, 5) is 11.9. The molecule has 1 aromatic carbocycles. The number of nitrogens with zero attached hydrogens (tertiary/aromatic N) is 1. The van der Waals surface area contributed by atoms with Crippen molar-refractivity contribution in [3.63, 3.8) is 0 Å². The molecule has 2 unspecified atom stereocenters. The van der Waals surface area contributed by atoms with Crippen molar-refractivity contribution in [1.82, 2.24) is 5.32 Å². The van der Waals surface area contributed by atoms with Crippen molar-refractivity contribution in [3.8, 4) is 0 Å². The number of amidine groups is 1. The highest BCUT2D eigenvalue weighted by Gasteiger charge is 2.27. The summed E-state index contributed by atoms with van der Waals surface area (Å²) in [6, 6.07) is 8.24. The molecule has 0 radical (unpaired) electrons. The number of carbonyl (C=O) groups excluding carboxylic acids is 1. The Bertz CT molecular complexity index is 499. The lowest BCUT2D eigenvalue weighted by molar-refractivity contribution is -0.123. The van der Waals surface area contributed by atoms with E-state index in [-0.39, 0.29) is 11.7 Å². The van der Waals surface area contributed by atoms with Crippen LogP contribution in [0.3, 0.4) is 0 Å². The smallest absolute Gasteiger partial charge is 0.230 e. The topological polar surface area (TPSA) is 87.7 Å². The normalized spacial score (nSPS) is 19.2. The third-order valence-corrected chi connectivity index (χ3v) is 3.68. The molecule has 0 spiro atoms. The van der Waals surface area contributed by atoms with Crippen molar-refractivity contribution < 1.29 is 10.0 Å². The van der Waals surface area contributed by atoms with Gasteiger partial charge < -0.3 is 16.3 Å². The molecule has 1 amide bonds. The largest absolute Gasteiger partial charge is 0.409 e. The van der Waals surface area contributed by atoms with Crippen molar-refractivity contribution in [1.29, 1.82) is 0 Å². The van der Waals surface area contributed by atoms with Gasteiger partial charge in [-0.25, -0.2) is 0 Å². The molecular formula is C14H19N3O2. The second-order valence-corrected chi connectivity index (χ2v) is 4.83. The van der Waals surface area contributed by atoms with Gasteiger partial charge in [0.2, 0.25) is 5.91 Å². The molecule has 2 rings (SSSR count). The monoisotopic (exact) mass is 261 g/mol. The Morgan fingerprint density at radius 2 is 2.32 bits per heavy atom. The molecule has 0 saturated carbocycles. The van der Waals surface area contributed by atoms with E-state index in [1.165, 1.54) is 11.1 Å². The number of hydrogen-bond donors (Lipinski definition) is 3. The van der Waals surface area contributed by atoms with Crippen molar-refractivity contribution in [3.05, 3.63) is 35.4 Å². The molecule has 0 aliphatic heterocycles. The fourth-order valence-corrected chi connectivity index (χ4v) is 2.49. The predicted octanol–water partition coefficient (Wildman–Crippen LogP) is 1.22. The van der Waals surface area contributed by atoms with Gasteiger partial charge >= 0.3 is 0 Å². The van der Waals surface area contributed by atoms with Gasteiger partial charge in [-0.15, -0.1) is 0 Å². The van der Waals surface area contributed by atoms with Crippen molar-refractivity contribution >= 4 is 11.7 Å². The van der Waals surface area contributed by atoms with Crippen LogP contribution in [-0.2, 0) is 11.2 Å². The van der Waals surface area contributed by atoms with E-state index < -0.39 is 5.92 Å². The van der Waals surface area contributed by atoms with E-state index in [0.29, 0.717) is 18.9 Å². The molecule has 1 aliphatic rings. The molecule has 0 saturated heterocycles. The van der Waals surface area contributed by atoms with E-state index >= 15 is 0 Å². The molecule has 0 heterocycles. The minimum Gasteiger partial charge on any atom is -0.409 e. The van der Waals surface area contributed by atoms with Crippen molar-refractivity contribution in [2.45, 2.75) is 25.7 Å². The standard InChI is InChI=1S/C14H19N3O2/c1-2-11(13(15)17-19)14(18)16-8-10-7-9-5-3-4-6-12(9)10/h3-6,10-11,19H,2,7-8H2,1H3,(H2,15,17)(H,16,18). The first-order valence-corrected chi connectivity index (χ1v) is 6.50. The number of nitrogens with two attached hydrogens (primary N) is 1. The minimum atomic E-state index is -0.555. The van der Waals surface area contributed by atoms with Gasteiger partial charge in [0.05, 0.1) is 5.92 Å². The minimum absolute atomic E-state index is 0.0333. The maximum absolute atomic E-state index is 11.9. The molecular weight excluding hydrogens is 242 g/mol. The third-order valence-electron chi connectivity index (χ3n) is 3.68. The second-order valence-electron chi connectivity index (χ2n) is 4.83. The van der Waals surface area contributed by atoms with Gasteiger partial charge in [0.1, 0.15) is 0 Å². The van der Waals surface area contributed by atoms with E-state index in [1.54, 1.807) is 0 Å². The Kier molecular flexibility index (Phi) is 4.04. The Labute approximate surface area is 112 Å². The summed E-state index contributed by atoms with van der Waals surface area (Å²) in [6.45, 7) is 2.44. The highest BCUT2D eigenvalue weighted by Crippen LogP contribution is 2.34. The molecule has 1 aromatic rings. The number of carbonyl (C=O) groups is 1. The highest BCUT2D eigenvalue weighted by atomic mass is 16.4. The number of amides is 1. The summed E-state index contributed by atoms with van der Waals surface area (Å²) < 4.78 is 0. The Hall–Kier alpha value is -2.04. The molecule has 0 aromatic heterocycles. The molecule has 4 N–H and O–H groups in total. The molecule has 0 fully saturated rings. The Morgan fingerprint density at radius 3 is 2.95 bits per heavy atom. The number of fused-ring (bicyclic) bond motifs is 1. The molecule has 2 atom stereocenters. The van der Waals surface area contributed by atoms with Crippen LogP contribution in [0.2, 0.25) is 0 Å². The van der Waals surface area contributed by atoms with Crippen LogP contribution in [-0.4, -0.2) is 23.5 Å². The predicted molar refractivity (Wildman–Crippen MR) is 73.1 cm³/mol. The van der Waals surface area contributed by atoms with Crippen molar-refractivity contribution in [2.75, 3.05) is 6.54 Å². The molecule has 102 valence electrons. The number of rotatable bonds is 5. The lowest BCUT2D eigenvalue weighted by Crippen LogP contribution is -2.41. The fourth-order valence-electron chi connectivity index (χ4n) is 2.49. The average Bonchev–Trinajstić information content (AvgIpc) is 2.40. The first-order chi connectivity index (χ1) is 9.17. The first kappa shape index (κ1) is 13.4. The van der Waals surface area contributed by atoms with E-state index in [9.17, 15) is 4.79 Å². The van der Waals surface area contributed by atoms with Gasteiger partial charge in [0.25, 0.3) is 0 Å². The van der Waals surface area contributed by atoms with Crippen LogP contribution in [0, 0.1) is 5.92 Å². The van der Waals surface area contributed by atoms with E-state index in [2.05, 4.69) is 22.6 Å². The van der Waals surface area contributed by atoms with Gasteiger partial charge in [-0.2, -0.15) is 0 Å². The van der Waals surface area contributed by atoms with Crippen LogP contribution in [0.25, 0.3) is 0 Å². The lowest BCUT2D eigenvalue weighted by Gasteiger charge is -2.30. The van der Waals surface area contributed by atoms with Crippen LogP contribution < -0.4 is 11.1 Å². The van der Waals surface area contributed by atoms with E-state index in [4.69, 9.17) is 10.9 Å². The molecule has 5 heteroatoms. The van der Waals surface area contributed by atoms with Crippen LogP contribution in [0.5, 0.6) is 0 Å². The average molecular weight is 261 g/mol. The maximum Gasteiger partial charge on any atom is 0.230 e. The van der Waals surface area contributed by atoms with Crippen LogP contribution in [0.4, 0.5) is 0 Å². The molecule has 19 heavy (non-hydrogen) atoms. The summed E-state index contributed by atoms with van der Waals surface area (Å²) in [5.41, 5.74) is 8.15. The lowest BCUT2D eigenvalue weighted by atomic mass is 9.77. The summed E-state index contributed by atoms with van der Waals surface area (Å²) in [5.74, 6) is -0.388. The van der Waals surface area contributed by atoms with Crippen molar-refractivity contribution in [2.24, 2.45) is 16.8 Å². The second kappa shape index (κ2) is 5.73. The Balaban J connectivity index is 1.89. The zero-order chi connectivity index (χ0) is 13.8. The third kappa shape index (κ3) is 2.70. The summed E-state index contributed by atoms with van der Waals surface area (Å²) >= 11 is 0. The summed E-state index contributed by atoms with van der Waals surface area (Å²) in [6.07, 6.45) is 1.51. The van der Waals surface area contributed by atoms with Gasteiger partial charge in [0, 0.05) is 12.5 Å². The number of benzene rings is 1. The van der Waals surface area contributed by atoms with Gasteiger partial charge in [-0.3, -0.25) is 4.79 Å². The zero-order valence-corrected chi connectivity index (χ0v) is 11.0. The number of nitrogens with one attached hydrogen (secondary N) is 1. The number of oxime groups is 1. The maximum atomic E-state index is 11.9. The fraction of sp³-hybridized carbons (Fsp3) is 0.429. The quantitative estimate of drug-likeness (QED) is 0.322. The Morgan fingerprint density at radius 1 is 1.58 bits per heavy atom. The summed E-state index contributed by atoms with van der Waals surface area (Å²) in [5, 5.41) is 14.4. The summed E-state index contributed by atoms with van der Waals surface area (Å²) in [7, 11) is 0. The van der Waals surface area contributed by atoms with Crippen LogP contribution in [0.15, 0.2) is 29.4 Å². The van der Waals surface area contributed by atoms with Gasteiger partial charge in [-0.05, 0) is 24.0 Å². The number of hydrogen-bond acceptors (Lipinski definition) is 3. The first-order valence-electron chi connectivity index (χ1n) is 6.50. The van der Waals surface area contributed by atoms with E-state index in [0.717, 1.165) is 6.42 Å². The van der Waals surface area contributed by atoms with Gasteiger partial charge in [-0.1, -0.05) is 36.3 Å². The van der Waals surface area contributed by atoms with Crippen LogP contribution in [0.1, 0.15) is 30.4 Å². The molecule has 1 aliphatic carbocycles. The van der Waals surface area contributed by atoms with Crippen LogP contribution >= 0.6 is 0 Å². The zero-order valence-electron chi connectivity index (χ0n) is 11.0. The molecule has 5 nitrogen and oxygen atoms in total. The van der Waals surface area contributed by atoms with Gasteiger partial charge in [0.15, 0.2) is 5.84 Å². The molecule has 0 bridgehead atoms. The SMILES string of the molecule is CCC(C(=O)NCC1Cc2ccccc21)C(N)=NO.